The van der Waals surface area contributed by atoms with Crippen LogP contribution in [-0.2, 0) is 21.4 Å². The number of methoxy groups -OCH3 is 1. The summed E-state index contributed by atoms with van der Waals surface area (Å²) in [7, 11) is -2.27. The van der Waals surface area contributed by atoms with E-state index >= 15 is 0 Å². The van der Waals surface area contributed by atoms with Crippen molar-refractivity contribution < 1.29 is 23.0 Å². The number of sulfonamides is 1. The van der Waals surface area contributed by atoms with Gasteiger partial charge in [-0.3, -0.25) is 0 Å². The van der Waals surface area contributed by atoms with Crippen LogP contribution in [0.5, 0.6) is 5.75 Å². The SMILES string of the molecule is CCOCCN(CC)S(=O)(=O)c1cc(CO)ccc1OC. The average Bonchev–Trinajstić information content (AvgIpc) is 2.50. The van der Waals surface area contributed by atoms with E-state index in [0.717, 1.165) is 0 Å². The summed E-state index contributed by atoms with van der Waals surface area (Å²) in [5.74, 6) is 0.266. The van der Waals surface area contributed by atoms with Crippen LogP contribution in [0.4, 0.5) is 0 Å². The second-order valence-corrected chi connectivity index (χ2v) is 6.24. The molecular weight excluding hydrogens is 294 g/mol. The number of nitrogens with zero attached hydrogens (tertiary/aromatic N) is 1. The van der Waals surface area contributed by atoms with Gasteiger partial charge in [-0.05, 0) is 24.6 Å². The molecule has 1 aromatic carbocycles. The van der Waals surface area contributed by atoms with Crippen LogP contribution >= 0.6 is 0 Å². The summed E-state index contributed by atoms with van der Waals surface area (Å²) in [4.78, 5) is 0.0647. The number of hydrogen-bond donors (Lipinski definition) is 1. The number of likely N-dealkylation sites (N-methyl/N-ethyl adjacent to an activating group) is 1. The molecule has 6 nitrogen and oxygen atoms in total. The lowest BCUT2D eigenvalue weighted by Gasteiger charge is -2.22. The molecule has 0 unspecified atom stereocenters. The highest BCUT2D eigenvalue weighted by atomic mass is 32.2. The quantitative estimate of drug-likeness (QED) is 0.693. The Balaban J connectivity index is 3.14. The van der Waals surface area contributed by atoms with Crippen LogP contribution in [0.25, 0.3) is 0 Å². The van der Waals surface area contributed by atoms with Crippen molar-refractivity contribution in [3.05, 3.63) is 23.8 Å². The molecule has 0 aliphatic heterocycles. The third-order valence-corrected chi connectivity index (χ3v) is 5.07. The predicted octanol–water partition coefficient (Wildman–Crippen LogP) is 1.23. The maximum absolute atomic E-state index is 12.7. The fraction of sp³-hybridized carbons (Fsp3) is 0.571. The van der Waals surface area contributed by atoms with Crippen LogP contribution in [0.2, 0.25) is 0 Å². The number of ether oxygens (including phenoxy) is 2. The Bertz CT molecular complexity index is 544. The normalized spacial score (nSPS) is 11.9. The number of hydrogen-bond acceptors (Lipinski definition) is 5. The highest BCUT2D eigenvalue weighted by Gasteiger charge is 2.26. The minimum absolute atomic E-state index is 0.0647. The first-order valence-corrected chi connectivity index (χ1v) is 8.30. The Kier molecular flexibility index (Phi) is 7.10. The fourth-order valence-corrected chi connectivity index (χ4v) is 3.56. The summed E-state index contributed by atoms with van der Waals surface area (Å²) < 4.78 is 37.1. The molecule has 1 aromatic rings. The van der Waals surface area contributed by atoms with Gasteiger partial charge in [0.25, 0.3) is 0 Å². The van der Waals surface area contributed by atoms with Gasteiger partial charge >= 0.3 is 0 Å². The van der Waals surface area contributed by atoms with Gasteiger partial charge in [-0.1, -0.05) is 13.0 Å². The van der Waals surface area contributed by atoms with Gasteiger partial charge in [-0.15, -0.1) is 0 Å². The van der Waals surface area contributed by atoms with Crippen molar-refractivity contribution in [2.75, 3.05) is 33.4 Å². The molecule has 0 saturated heterocycles. The van der Waals surface area contributed by atoms with Gasteiger partial charge in [0.1, 0.15) is 10.6 Å². The molecule has 1 rings (SSSR count). The lowest BCUT2D eigenvalue weighted by atomic mass is 10.2. The molecule has 7 heteroatoms. The van der Waals surface area contributed by atoms with Gasteiger partial charge in [0.05, 0.1) is 20.3 Å². The van der Waals surface area contributed by atoms with Crippen molar-refractivity contribution in [1.82, 2.24) is 4.31 Å². The molecule has 0 heterocycles. The molecule has 0 atom stereocenters. The van der Waals surface area contributed by atoms with Crippen molar-refractivity contribution in [3.8, 4) is 5.75 Å². The molecule has 0 saturated carbocycles. The van der Waals surface area contributed by atoms with Crippen LogP contribution in [0.1, 0.15) is 19.4 Å². The van der Waals surface area contributed by atoms with E-state index in [4.69, 9.17) is 9.47 Å². The van der Waals surface area contributed by atoms with E-state index in [1.807, 2.05) is 6.92 Å². The van der Waals surface area contributed by atoms with E-state index in [1.54, 1.807) is 19.1 Å². The van der Waals surface area contributed by atoms with Gasteiger partial charge < -0.3 is 14.6 Å². The second kappa shape index (κ2) is 8.33. The largest absolute Gasteiger partial charge is 0.495 e. The zero-order valence-electron chi connectivity index (χ0n) is 12.7. The van der Waals surface area contributed by atoms with Crippen molar-refractivity contribution in [2.45, 2.75) is 25.3 Å². The Labute approximate surface area is 126 Å². The van der Waals surface area contributed by atoms with E-state index < -0.39 is 10.0 Å². The number of aliphatic hydroxyl groups excluding tert-OH is 1. The first-order chi connectivity index (χ1) is 10.0. The highest BCUT2D eigenvalue weighted by Crippen LogP contribution is 2.27. The van der Waals surface area contributed by atoms with Crippen LogP contribution in [-0.4, -0.2) is 51.2 Å². The lowest BCUT2D eigenvalue weighted by Crippen LogP contribution is -2.34. The summed E-state index contributed by atoms with van der Waals surface area (Å²) in [6.07, 6.45) is 0. The molecule has 0 fully saturated rings. The Hall–Kier alpha value is -1.15. The third-order valence-electron chi connectivity index (χ3n) is 3.07. The van der Waals surface area contributed by atoms with E-state index in [-0.39, 0.29) is 23.8 Å². The van der Waals surface area contributed by atoms with Crippen molar-refractivity contribution in [1.29, 1.82) is 0 Å². The van der Waals surface area contributed by atoms with Gasteiger partial charge in [0.2, 0.25) is 10.0 Å². The second-order valence-electron chi connectivity index (χ2n) is 4.34. The Morgan fingerprint density at radius 1 is 1.29 bits per heavy atom. The third kappa shape index (κ3) is 4.41. The summed E-state index contributed by atoms with van der Waals surface area (Å²) in [5.41, 5.74) is 0.523. The summed E-state index contributed by atoms with van der Waals surface area (Å²) in [5, 5.41) is 9.19. The van der Waals surface area contributed by atoms with Gasteiger partial charge in [-0.25, -0.2) is 8.42 Å². The molecule has 0 radical (unpaired) electrons. The lowest BCUT2D eigenvalue weighted by molar-refractivity contribution is 0.135. The van der Waals surface area contributed by atoms with Gasteiger partial charge in [-0.2, -0.15) is 4.31 Å². The van der Waals surface area contributed by atoms with Crippen LogP contribution < -0.4 is 4.74 Å². The molecule has 0 amide bonds. The molecule has 0 bridgehead atoms. The smallest absolute Gasteiger partial charge is 0.246 e. The first-order valence-electron chi connectivity index (χ1n) is 6.86. The molecule has 1 N–H and O–H groups in total. The molecule has 0 aromatic heterocycles. The van der Waals surface area contributed by atoms with E-state index in [0.29, 0.717) is 25.3 Å². The maximum Gasteiger partial charge on any atom is 0.246 e. The zero-order chi connectivity index (χ0) is 15.9. The standard InChI is InChI=1S/C14H23NO5S/c1-4-15(8-9-20-5-2)21(17,18)14-10-12(11-16)6-7-13(14)19-3/h6-7,10,16H,4-5,8-9,11H2,1-3H3. The van der Waals surface area contributed by atoms with Gasteiger partial charge in [0.15, 0.2) is 0 Å². The van der Waals surface area contributed by atoms with Crippen LogP contribution in [0, 0.1) is 0 Å². The maximum atomic E-state index is 12.7. The zero-order valence-corrected chi connectivity index (χ0v) is 13.5. The first kappa shape index (κ1) is 17.9. The fourth-order valence-electron chi connectivity index (χ4n) is 1.92. The van der Waals surface area contributed by atoms with E-state index in [9.17, 15) is 13.5 Å². The number of rotatable bonds is 9. The minimum Gasteiger partial charge on any atom is -0.495 e. The molecular formula is C14H23NO5S. The van der Waals surface area contributed by atoms with E-state index in [2.05, 4.69) is 0 Å². The molecule has 0 aliphatic carbocycles. The average molecular weight is 317 g/mol. The summed E-state index contributed by atoms with van der Waals surface area (Å²) in [6.45, 7) is 4.90. The molecule has 120 valence electrons. The predicted molar refractivity (Wildman–Crippen MR) is 79.8 cm³/mol. The number of aliphatic hydroxyl groups is 1. The molecule has 0 spiro atoms. The highest BCUT2D eigenvalue weighted by molar-refractivity contribution is 7.89. The van der Waals surface area contributed by atoms with Crippen molar-refractivity contribution in [2.24, 2.45) is 0 Å². The summed E-state index contributed by atoms with van der Waals surface area (Å²) in [6, 6.07) is 4.63. The summed E-state index contributed by atoms with van der Waals surface area (Å²) >= 11 is 0. The van der Waals surface area contributed by atoms with Crippen molar-refractivity contribution in [3.63, 3.8) is 0 Å². The van der Waals surface area contributed by atoms with Crippen molar-refractivity contribution >= 4 is 10.0 Å². The van der Waals surface area contributed by atoms with E-state index in [1.165, 1.54) is 17.5 Å². The van der Waals surface area contributed by atoms with Crippen LogP contribution in [0.3, 0.4) is 0 Å². The Morgan fingerprint density at radius 2 is 2.00 bits per heavy atom. The molecule has 0 aliphatic rings. The van der Waals surface area contributed by atoms with Gasteiger partial charge in [0, 0.05) is 19.7 Å². The minimum atomic E-state index is -3.69. The molecule has 21 heavy (non-hydrogen) atoms. The van der Waals surface area contributed by atoms with Crippen LogP contribution in [0.15, 0.2) is 23.1 Å². The Morgan fingerprint density at radius 3 is 2.52 bits per heavy atom. The monoisotopic (exact) mass is 317 g/mol. The number of benzene rings is 1. The topological polar surface area (TPSA) is 76.1 Å².